The third-order valence-corrected chi connectivity index (χ3v) is 7.17. The lowest BCUT2D eigenvalue weighted by Gasteiger charge is -2.19. The largest absolute Gasteiger partial charge is 0.396 e. The van der Waals surface area contributed by atoms with Gasteiger partial charge in [0.05, 0.1) is 11.4 Å². The molecule has 0 spiro atoms. The van der Waals surface area contributed by atoms with Gasteiger partial charge in [-0.2, -0.15) is 5.48 Å². The van der Waals surface area contributed by atoms with E-state index >= 15 is 0 Å². The van der Waals surface area contributed by atoms with Crippen LogP contribution in [-0.2, 0) is 31.6 Å². The third kappa shape index (κ3) is 4.39. The average molecular weight is 430 g/mol. The minimum Gasteiger partial charge on any atom is -0.396 e. The highest BCUT2D eigenvalue weighted by Crippen LogP contribution is 2.52. The van der Waals surface area contributed by atoms with E-state index in [1.165, 1.54) is 11.1 Å². The zero-order valence-corrected chi connectivity index (χ0v) is 17.5. The predicted octanol–water partition coefficient (Wildman–Crippen LogP) is 4.52. The second-order valence-electron chi connectivity index (χ2n) is 7.14. The minimum atomic E-state index is -3.87. The number of hydrogen-bond acceptors (Lipinski definition) is 5. The van der Waals surface area contributed by atoms with Crippen LogP contribution >= 0.6 is 18.0 Å². The number of carbonyl (C=O) groups is 1. The first-order valence-corrected chi connectivity index (χ1v) is 12.0. The molecule has 0 aromatic heterocycles. The molecule has 0 saturated carbocycles. The Morgan fingerprint density at radius 3 is 2.38 bits per heavy atom. The van der Waals surface area contributed by atoms with Crippen molar-refractivity contribution >= 4 is 40.0 Å². The summed E-state index contributed by atoms with van der Waals surface area (Å²) in [7, 11) is 0. The van der Waals surface area contributed by atoms with Gasteiger partial charge in [-0.3, -0.25) is 9.40 Å². The quantitative estimate of drug-likeness (QED) is 0.461. The maximum Gasteiger partial charge on any atom is 0.369 e. The van der Waals surface area contributed by atoms with Gasteiger partial charge in [0.1, 0.15) is 6.04 Å². The number of hydroxylamine groups is 1. The van der Waals surface area contributed by atoms with Crippen molar-refractivity contribution in [2.75, 3.05) is 0 Å². The lowest BCUT2D eigenvalue weighted by molar-refractivity contribution is -0.142. The molecule has 1 unspecified atom stereocenters. The molecule has 2 atom stereocenters. The topological polar surface area (TPSA) is 64.6 Å². The summed E-state index contributed by atoms with van der Waals surface area (Å²) in [4.78, 5) is 18.1. The first-order valence-electron chi connectivity index (χ1n) is 9.43. The summed E-state index contributed by atoms with van der Waals surface area (Å²) in [6, 6.07) is 20.0. The molecule has 4 rings (SSSR count). The molecule has 5 nitrogen and oxygen atoms in total. The highest BCUT2D eigenvalue weighted by molar-refractivity contribution is 7.92. The van der Waals surface area contributed by atoms with Crippen LogP contribution in [0.25, 0.3) is 10.8 Å². The van der Waals surface area contributed by atoms with Crippen molar-refractivity contribution in [3.05, 3.63) is 77.9 Å². The van der Waals surface area contributed by atoms with Gasteiger partial charge in [0.15, 0.2) is 0 Å². The summed E-state index contributed by atoms with van der Waals surface area (Å²) in [5, 5.41) is 1.88. The Bertz CT molecular complexity index is 1070. The molecule has 1 N–H and O–H groups in total. The van der Waals surface area contributed by atoms with E-state index in [4.69, 9.17) is 20.6 Å². The van der Waals surface area contributed by atoms with E-state index < -0.39 is 18.7 Å². The van der Waals surface area contributed by atoms with E-state index in [9.17, 15) is 9.36 Å². The van der Waals surface area contributed by atoms with Crippen LogP contribution in [0.5, 0.6) is 0 Å². The minimum absolute atomic E-state index is 0.0662. The molecule has 29 heavy (non-hydrogen) atoms. The van der Waals surface area contributed by atoms with Crippen molar-refractivity contribution in [2.24, 2.45) is 0 Å². The normalized spacial score (nSPS) is 16.9. The molecule has 1 aliphatic carbocycles. The van der Waals surface area contributed by atoms with Crippen LogP contribution in [0.1, 0.15) is 18.1 Å². The van der Waals surface area contributed by atoms with E-state index in [1.807, 2.05) is 36.4 Å². The summed E-state index contributed by atoms with van der Waals surface area (Å²) >= 11 is 6.21. The smallest absolute Gasteiger partial charge is 0.369 e. The molecule has 7 heteroatoms. The van der Waals surface area contributed by atoms with Crippen LogP contribution < -0.4 is 10.8 Å². The van der Waals surface area contributed by atoms with Crippen molar-refractivity contribution in [3.8, 4) is 0 Å². The van der Waals surface area contributed by atoms with Crippen molar-refractivity contribution in [2.45, 2.75) is 31.9 Å². The molecule has 3 aromatic carbocycles. The number of nitrogens with one attached hydrogen (secondary N) is 1. The fourth-order valence-electron chi connectivity index (χ4n) is 3.53. The Hall–Kier alpha value is -2.17. The van der Waals surface area contributed by atoms with Crippen LogP contribution in [0.4, 0.5) is 0 Å². The van der Waals surface area contributed by atoms with Gasteiger partial charge in [0.25, 0.3) is 0 Å². The molecule has 0 amide bonds. The van der Waals surface area contributed by atoms with E-state index in [0.29, 0.717) is 10.7 Å². The second-order valence-corrected chi connectivity index (χ2v) is 10.1. The fraction of sp³-hybridized carbons (Fsp3) is 0.227. The summed E-state index contributed by atoms with van der Waals surface area (Å²) < 4.78 is 18.2. The monoisotopic (exact) mass is 429 g/mol. The Morgan fingerprint density at radius 2 is 1.66 bits per heavy atom. The molecule has 150 valence electrons. The van der Waals surface area contributed by atoms with Crippen LogP contribution in [0, 0.1) is 0 Å². The average Bonchev–Trinajstić information content (AvgIpc) is 3.14. The van der Waals surface area contributed by atoms with Crippen molar-refractivity contribution in [1.29, 1.82) is 0 Å². The number of hydrogen-bond donors (Lipinski definition) is 1. The van der Waals surface area contributed by atoms with Gasteiger partial charge in [-0.1, -0.05) is 60.7 Å². The maximum atomic E-state index is 13.0. The van der Waals surface area contributed by atoms with E-state index in [0.717, 1.165) is 18.2 Å². The molecular formula is C22H21ClNO4P. The first kappa shape index (κ1) is 20.1. The molecule has 0 heterocycles. The molecule has 0 saturated heterocycles. The summed E-state index contributed by atoms with van der Waals surface area (Å²) in [5.41, 5.74) is 5.21. The lowest BCUT2D eigenvalue weighted by atomic mass is 10.1. The molecule has 0 radical (unpaired) electrons. The number of rotatable bonds is 6. The van der Waals surface area contributed by atoms with E-state index in [-0.39, 0.29) is 6.10 Å². The Labute approximate surface area is 174 Å². The number of halogens is 1. The predicted molar refractivity (Wildman–Crippen MR) is 114 cm³/mol. The summed E-state index contributed by atoms with van der Waals surface area (Å²) in [5.74, 6) is -0.730. The Kier molecular flexibility index (Phi) is 5.75. The maximum absolute atomic E-state index is 13.0. The number of carbonyl (C=O) groups excluding carboxylic acids is 1. The van der Waals surface area contributed by atoms with Crippen molar-refractivity contribution in [1.82, 2.24) is 5.48 Å². The zero-order valence-electron chi connectivity index (χ0n) is 15.9. The molecule has 0 fully saturated rings. The molecule has 1 aliphatic rings. The van der Waals surface area contributed by atoms with Crippen LogP contribution in [0.15, 0.2) is 66.7 Å². The molecule has 0 aliphatic heterocycles. The van der Waals surface area contributed by atoms with Gasteiger partial charge in [0.2, 0.25) is 0 Å². The van der Waals surface area contributed by atoms with E-state index in [2.05, 4.69) is 17.6 Å². The van der Waals surface area contributed by atoms with Crippen molar-refractivity contribution < 1.29 is 18.7 Å². The van der Waals surface area contributed by atoms with Crippen LogP contribution in [0.2, 0.25) is 0 Å². The molecular weight excluding hydrogens is 409 g/mol. The van der Waals surface area contributed by atoms with Gasteiger partial charge < -0.3 is 4.52 Å². The summed E-state index contributed by atoms with van der Waals surface area (Å²) in [6.45, 7) is -2.28. The van der Waals surface area contributed by atoms with Gasteiger partial charge >= 0.3 is 12.7 Å². The zero-order chi connectivity index (χ0) is 20.4. The van der Waals surface area contributed by atoms with Gasteiger partial charge in [-0.05, 0) is 46.1 Å². The standard InChI is InChI=1S/C22H21ClNO4P/c1-15(24-27-19-13-17-8-2-3-9-18(17)14-19)22(25)28-29(23,26)21-12-6-10-16-7-4-5-11-20(16)21/h2-12,15,19,24H,13-14H2,1H3/t15-,29?/m0/s1. The van der Waals surface area contributed by atoms with E-state index in [1.54, 1.807) is 25.1 Å². The third-order valence-electron chi connectivity index (χ3n) is 5.04. The highest BCUT2D eigenvalue weighted by Gasteiger charge is 2.32. The van der Waals surface area contributed by atoms with Gasteiger partial charge in [-0.15, -0.1) is 0 Å². The number of fused-ring (bicyclic) bond motifs is 2. The van der Waals surface area contributed by atoms with Crippen LogP contribution in [-0.4, -0.2) is 18.1 Å². The molecule has 0 bridgehead atoms. The van der Waals surface area contributed by atoms with Crippen molar-refractivity contribution in [3.63, 3.8) is 0 Å². The number of benzene rings is 3. The van der Waals surface area contributed by atoms with Gasteiger partial charge in [0, 0.05) is 12.8 Å². The Morgan fingerprint density at radius 1 is 1.03 bits per heavy atom. The highest BCUT2D eigenvalue weighted by atomic mass is 35.7. The fourth-order valence-corrected chi connectivity index (χ4v) is 5.42. The van der Waals surface area contributed by atoms with Crippen LogP contribution in [0.3, 0.4) is 0 Å². The van der Waals surface area contributed by atoms with Gasteiger partial charge in [-0.25, -0.2) is 4.79 Å². The SMILES string of the molecule is C[C@H](NOC1Cc2ccccc2C1)C(=O)OP(=O)(Cl)c1cccc2ccccc12. The lowest BCUT2D eigenvalue weighted by Crippen LogP contribution is -2.38. The first-order chi connectivity index (χ1) is 13.9. The summed E-state index contributed by atoms with van der Waals surface area (Å²) in [6.07, 6.45) is 1.48. The second kappa shape index (κ2) is 8.29. The Balaban J connectivity index is 1.39. The molecule has 3 aromatic rings.